The van der Waals surface area contributed by atoms with Crippen LogP contribution in [0.25, 0.3) is 21.0 Å². The van der Waals surface area contributed by atoms with Crippen LogP contribution in [-0.4, -0.2) is 33.4 Å². The van der Waals surface area contributed by atoms with Crippen molar-refractivity contribution in [1.82, 2.24) is 14.5 Å². The number of hydrogen-bond donors (Lipinski definition) is 1. The summed E-state index contributed by atoms with van der Waals surface area (Å²) in [6, 6.07) is 13.8. The monoisotopic (exact) mass is 474 g/mol. The van der Waals surface area contributed by atoms with Gasteiger partial charge in [-0.05, 0) is 55.8 Å². The van der Waals surface area contributed by atoms with Crippen LogP contribution in [0.3, 0.4) is 0 Å². The summed E-state index contributed by atoms with van der Waals surface area (Å²) in [5.41, 5.74) is 1.82. The number of aromatic nitrogens is 2. The van der Waals surface area contributed by atoms with Crippen LogP contribution in [0, 0.1) is 0 Å². The van der Waals surface area contributed by atoms with E-state index in [4.69, 9.17) is 4.98 Å². The molecule has 0 bridgehead atoms. The number of benzene rings is 2. The largest absolute Gasteiger partial charge is 0.324 e. The first kappa shape index (κ1) is 22.7. The zero-order chi connectivity index (χ0) is 23.7. The Morgan fingerprint density at radius 2 is 1.85 bits per heavy atom. The quantitative estimate of drug-likeness (QED) is 0.411. The smallest absolute Gasteiger partial charge is 0.263 e. The molecule has 0 spiro atoms. The van der Waals surface area contributed by atoms with E-state index >= 15 is 0 Å². The molecule has 1 aliphatic rings. The molecular weight excluding hydrogens is 444 g/mol. The lowest BCUT2D eigenvalue weighted by molar-refractivity contribution is -0.116. The summed E-state index contributed by atoms with van der Waals surface area (Å²) in [6.07, 6.45) is 4.20. The second-order valence-corrected chi connectivity index (χ2v) is 9.93. The fraction of sp³-hybridized carbons (Fsp3) is 0.370. The highest BCUT2D eigenvalue weighted by Gasteiger charge is 2.23. The average Bonchev–Trinajstić information content (AvgIpc) is 3.23. The van der Waals surface area contributed by atoms with Gasteiger partial charge in [0.25, 0.3) is 5.56 Å². The molecule has 1 aliphatic carbocycles. The van der Waals surface area contributed by atoms with E-state index in [1.807, 2.05) is 42.5 Å². The van der Waals surface area contributed by atoms with Crippen LogP contribution in [0.1, 0.15) is 43.0 Å². The lowest BCUT2D eigenvalue weighted by Gasteiger charge is -2.20. The Kier molecular flexibility index (Phi) is 6.48. The van der Waals surface area contributed by atoms with Crippen LogP contribution in [-0.2, 0) is 30.7 Å². The van der Waals surface area contributed by atoms with E-state index in [0.29, 0.717) is 12.4 Å². The summed E-state index contributed by atoms with van der Waals surface area (Å²) >= 11 is 1.66. The summed E-state index contributed by atoms with van der Waals surface area (Å²) in [4.78, 5) is 36.3. The highest BCUT2D eigenvalue weighted by molar-refractivity contribution is 7.18. The molecule has 176 valence electrons. The van der Waals surface area contributed by atoms with Crippen molar-refractivity contribution in [2.24, 2.45) is 0 Å². The molecule has 0 unspecified atom stereocenters. The Labute approximate surface area is 203 Å². The molecule has 0 saturated heterocycles. The topological polar surface area (TPSA) is 67.2 Å². The molecule has 1 amide bonds. The lowest BCUT2D eigenvalue weighted by Crippen LogP contribution is -2.34. The Bertz CT molecular complexity index is 1410. The van der Waals surface area contributed by atoms with Gasteiger partial charge < -0.3 is 5.32 Å². The minimum atomic E-state index is -0.218. The molecule has 5 rings (SSSR count). The van der Waals surface area contributed by atoms with E-state index in [2.05, 4.69) is 24.1 Å². The van der Waals surface area contributed by atoms with Gasteiger partial charge in [0.2, 0.25) is 5.91 Å². The number of carbonyl (C=O) groups is 1. The molecule has 1 N–H and O–H groups in total. The van der Waals surface area contributed by atoms with E-state index in [-0.39, 0.29) is 18.0 Å². The van der Waals surface area contributed by atoms with E-state index in [0.717, 1.165) is 71.0 Å². The van der Waals surface area contributed by atoms with Crippen molar-refractivity contribution < 1.29 is 4.79 Å². The predicted molar refractivity (Wildman–Crippen MR) is 140 cm³/mol. The first-order chi connectivity index (χ1) is 16.6. The zero-order valence-electron chi connectivity index (χ0n) is 19.8. The number of nitrogens with one attached hydrogen (secondary N) is 1. The summed E-state index contributed by atoms with van der Waals surface area (Å²) in [6.45, 7) is 6.40. The first-order valence-corrected chi connectivity index (χ1v) is 12.9. The van der Waals surface area contributed by atoms with Gasteiger partial charge in [-0.25, -0.2) is 4.98 Å². The Hall–Kier alpha value is -3.03. The fourth-order valence-corrected chi connectivity index (χ4v) is 6.15. The summed E-state index contributed by atoms with van der Waals surface area (Å²) in [5.74, 6) is 0.442. The molecular formula is C27H30N4O2S. The molecule has 2 aromatic heterocycles. The predicted octanol–water partition coefficient (Wildman–Crippen LogP) is 4.97. The molecule has 7 heteroatoms. The highest BCUT2D eigenvalue weighted by atomic mass is 32.1. The second-order valence-electron chi connectivity index (χ2n) is 8.85. The van der Waals surface area contributed by atoms with Crippen LogP contribution in [0.5, 0.6) is 0 Å². The molecule has 0 aliphatic heterocycles. The van der Waals surface area contributed by atoms with Crippen molar-refractivity contribution in [3.8, 4) is 0 Å². The average molecular weight is 475 g/mol. The Balaban J connectivity index is 1.54. The number of carbonyl (C=O) groups excluding carboxylic acids is 1. The fourth-order valence-electron chi connectivity index (χ4n) is 4.88. The van der Waals surface area contributed by atoms with E-state index in [1.54, 1.807) is 15.9 Å². The number of amides is 1. The van der Waals surface area contributed by atoms with Crippen molar-refractivity contribution in [2.45, 2.75) is 52.6 Å². The van der Waals surface area contributed by atoms with Crippen LogP contribution in [0.4, 0.5) is 5.69 Å². The van der Waals surface area contributed by atoms with Crippen molar-refractivity contribution >= 4 is 43.9 Å². The third kappa shape index (κ3) is 4.26. The van der Waals surface area contributed by atoms with Crippen LogP contribution >= 0.6 is 11.3 Å². The molecule has 6 nitrogen and oxygen atoms in total. The number of fused-ring (bicyclic) bond motifs is 4. The Morgan fingerprint density at radius 1 is 1.09 bits per heavy atom. The van der Waals surface area contributed by atoms with E-state index in [1.165, 1.54) is 4.88 Å². The number of rotatable bonds is 7. The molecule has 0 saturated carbocycles. The maximum absolute atomic E-state index is 13.8. The number of hydrogen-bond acceptors (Lipinski definition) is 5. The molecule has 0 radical (unpaired) electrons. The molecule has 2 heterocycles. The minimum absolute atomic E-state index is 0.0494. The molecule has 2 aromatic carbocycles. The Morgan fingerprint density at radius 3 is 2.68 bits per heavy atom. The third-order valence-electron chi connectivity index (χ3n) is 6.78. The molecule has 0 atom stereocenters. The van der Waals surface area contributed by atoms with E-state index < -0.39 is 0 Å². The van der Waals surface area contributed by atoms with Gasteiger partial charge in [-0.1, -0.05) is 50.2 Å². The summed E-state index contributed by atoms with van der Waals surface area (Å²) < 4.78 is 1.60. The van der Waals surface area contributed by atoms with Gasteiger partial charge in [-0.15, -0.1) is 11.3 Å². The maximum Gasteiger partial charge on any atom is 0.263 e. The molecule has 4 aromatic rings. The van der Waals surface area contributed by atoms with Crippen LogP contribution < -0.4 is 10.9 Å². The van der Waals surface area contributed by atoms with Gasteiger partial charge >= 0.3 is 0 Å². The van der Waals surface area contributed by atoms with Crippen LogP contribution in [0.15, 0.2) is 47.3 Å². The second kappa shape index (κ2) is 9.68. The standard InChI is InChI=1S/C27H30N4O2S/c1-3-30(4-2)16-23-29-26-25(20-13-7-8-15-22(20)34-26)27(33)31(23)17-24(32)28-21-14-9-11-18-10-5-6-12-19(18)21/h5-6,9-12,14H,3-4,7-8,13,15-17H2,1-2H3,(H,28,32). The first-order valence-electron chi connectivity index (χ1n) is 12.1. The number of nitrogens with zero attached hydrogens (tertiary/aromatic N) is 3. The minimum Gasteiger partial charge on any atom is -0.324 e. The summed E-state index contributed by atoms with van der Waals surface area (Å²) in [5, 5.41) is 5.80. The van der Waals surface area contributed by atoms with Gasteiger partial charge in [0.15, 0.2) is 0 Å². The number of anilines is 1. The van der Waals surface area contributed by atoms with Gasteiger partial charge in [-0.2, -0.15) is 0 Å². The third-order valence-corrected chi connectivity index (χ3v) is 7.96. The normalized spacial score (nSPS) is 13.5. The molecule has 0 fully saturated rings. The van der Waals surface area contributed by atoms with E-state index in [9.17, 15) is 9.59 Å². The van der Waals surface area contributed by atoms with Crippen molar-refractivity contribution in [2.75, 3.05) is 18.4 Å². The maximum atomic E-state index is 13.8. The van der Waals surface area contributed by atoms with Gasteiger partial charge in [-0.3, -0.25) is 19.1 Å². The number of aryl methyl sites for hydroxylation is 2. The zero-order valence-corrected chi connectivity index (χ0v) is 20.6. The SMILES string of the molecule is CCN(CC)Cc1nc2sc3c(c2c(=O)n1CC(=O)Nc1cccc2ccccc12)CCCC3. The van der Waals surface area contributed by atoms with Crippen molar-refractivity contribution in [1.29, 1.82) is 0 Å². The summed E-state index contributed by atoms with van der Waals surface area (Å²) in [7, 11) is 0. The number of thiophene rings is 1. The lowest BCUT2D eigenvalue weighted by atomic mass is 9.97. The van der Waals surface area contributed by atoms with Gasteiger partial charge in [0.05, 0.1) is 11.9 Å². The van der Waals surface area contributed by atoms with Crippen molar-refractivity contribution in [3.05, 3.63) is 69.1 Å². The molecule has 34 heavy (non-hydrogen) atoms. The van der Waals surface area contributed by atoms with Crippen molar-refractivity contribution in [3.63, 3.8) is 0 Å². The highest BCUT2D eigenvalue weighted by Crippen LogP contribution is 2.34. The van der Waals surface area contributed by atoms with Crippen LogP contribution in [0.2, 0.25) is 0 Å². The van der Waals surface area contributed by atoms with Gasteiger partial charge in [0, 0.05) is 16.0 Å². The van der Waals surface area contributed by atoms with Gasteiger partial charge in [0.1, 0.15) is 17.2 Å².